The van der Waals surface area contributed by atoms with E-state index in [0.717, 1.165) is 12.8 Å². The van der Waals surface area contributed by atoms with E-state index in [4.69, 9.17) is 10.8 Å². The maximum absolute atomic E-state index is 11.4. The van der Waals surface area contributed by atoms with Gasteiger partial charge < -0.3 is 16.2 Å². The van der Waals surface area contributed by atoms with Crippen molar-refractivity contribution in [1.82, 2.24) is 5.32 Å². The summed E-state index contributed by atoms with van der Waals surface area (Å²) < 4.78 is 0. The summed E-state index contributed by atoms with van der Waals surface area (Å²) in [6.07, 6.45) is 9.36. The summed E-state index contributed by atoms with van der Waals surface area (Å²) in [4.78, 5) is 21.8. The summed E-state index contributed by atoms with van der Waals surface area (Å²) in [5.74, 6) is -1.42. The average molecular weight is 272 g/mol. The van der Waals surface area contributed by atoms with Crippen LogP contribution in [0.4, 0.5) is 0 Å². The van der Waals surface area contributed by atoms with Crippen molar-refractivity contribution in [2.24, 2.45) is 5.73 Å². The number of nitrogens with two attached hydrogens (primary N) is 1. The number of aliphatic carboxylic acids is 1. The van der Waals surface area contributed by atoms with Gasteiger partial charge in [-0.05, 0) is 6.42 Å². The Morgan fingerprint density at radius 1 is 1.05 bits per heavy atom. The van der Waals surface area contributed by atoms with Gasteiger partial charge in [0.25, 0.3) is 0 Å². The number of carboxylic acid groups (broad SMARTS) is 1. The van der Waals surface area contributed by atoms with Crippen molar-refractivity contribution >= 4 is 11.9 Å². The van der Waals surface area contributed by atoms with E-state index in [2.05, 4.69) is 12.2 Å². The second-order valence-electron chi connectivity index (χ2n) is 4.97. The standard InChI is InChI=1S/C14H28N2O3/c1-2-3-4-5-6-7-8-9-10-16-14(19)12(15)11-13(17)18/h12H,2-11,15H2,1H3,(H,16,19)(H,17,18). The number of carbonyl (C=O) groups is 2. The smallest absolute Gasteiger partial charge is 0.305 e. The number of nitrogens with one attached hydrogen (secondary N) is 1. The van der Waals surface area contributed by atoms with Crippen molar-refractivity contribution in [2.45, 2.75) is 70.8 Å². The molecule has 0 saturated heterocycles. The van der Waals surface area contributed by atoms with Crippen LogP contribution in [-0.2, 0) is 9.59 Å². The molecule has 0 aliphatic carbocycles. The van der Waals surface area contributed by atoms with Gasteiger partial charge in [0.05, 0.1) is 12.5 Å². The van der Waals surface area contributed by atoms with Crippen LogP contribution in [0.2, 0.25) is 0 Å². The summed E-state index contributed by atoms with van der Waals surface area (Å²) in [5, 5.41) is 11.2. The highest BCUT2D eigenvalue weighted by molar-refractivity contribution is 5.85. The predicted molar refractivity (Wildman–Crippen MR) is 75.8 cm³/mol. The first-order chi connectivity index (χ1) is 9.07. The van der Waals surface area contributed by atoms with Gasteiger partial charge in [0.1, 0.15) is 0 Å². The maximum atomic E-state index is 11.4. The van der Waals surface area contributed by atoms with Gasteiger partial charge in [0.15, 0.2) is 0 Å². The molecule has 112 valence electrons. The monoisotopic (exact) mass is 272 g/mol. The van der Waals surface area contributed by atoms with E-state index in [0.29, 0.717) is 6.54 Å². The van der Waals surface area contributed by atoms with Crippen molar-refractivity contribution in [3.8, 4) is 0 Å². The largest absolute Gasteiger partial charge is 0.481 e. The molecule has 0 aromatic carbocycles. The molecule has 0 heterocycles. The molecule has 0 saturated carbocycles. The van der Waals surface area contributed by atoms with Crippen LogP contribution in [0.3, 0.4) is 0 Å². The maximum Gasteiger partial charge on any atom is 0.305 e. The van der Waals surface area contributed by atoms with Gasteiger partial charge in [0, 0.05) is 6.54 Å². The first kappa shape index (κ1) is 17.9. The molecule has 0 spiro atoms. The third-order valence-electron chi connectivity index (χ3n) is 3.06. The highest BCUT2D eigenvalue weighted by atomic mass is 16.4. The molecule has 1 unspecified atom stereocenters. The molecule has 0 bridgehead atoms. The Balaban J connectivity index is 3.34. The van der Waals surface area contributed by atoms with Crippen molar-refractivity contribution < 1.29 is 14.7 Å². The lowest BCUT2D eigenvalue weighted by molar-refractivity contribution is -0.139. The Kier molecular flexibility index (Phi) is 11.3. The molecule has 1 amide bonds. The minimum atomic E-state index is -1.05. The highest BCUT2D eigenvalue weighted by Gasteiger charge is 2.15. The van der Waals surface area contributed by atoms with Crippen LogP contribution in [0, 0.1) is 0 Å². The molecule has 5 heteroatoms. The third-order valence-corrected chi connectivity index (χ3v) is 3.06. The molecule has 0 aliphatic rings. The zero-order chi connectivity index (χ0) is 14.5. The van der Waals surface area contributed by atoms with Crippen LogP contribution in [0.15, 0.2) is 0 Å². The summed E-state index contributed by atoms with van der Waals surface area (Å²) in [7, 11) is 0. The number of amides is 1. The zero-order valence-electron chi connectivity index (χ0n) is 12.0. The molecule has 4 N–H and O–H groups in total. The van der Waals surface area contributed by atoms with Gasteiger partial charge in [0.2, 0.25) is 5.91 Å². The van der Waals surface area contributed by atoms with Crippen molar-refractivity contribution in [2.75, 3.05) is 6.54 Å². The topological polar surface area (TPSA) is 92.4 Å². The fourth-order valence-corrected chi connectivity index (χ4v) is 1.88. The second-order valence-corrected chi connectivity index (χ2v) is 4.97. The molecular formula is C14H28N2O3. The molecular weight excluding hydrogens is 244 g/mol. The van der Waals surface area contributed by atoms with Crippen LogP contribution in [0.1, 0.15) is 64.7 Å². The highest BCUT2D eigenvalue weighted by Crippen LogP contribution is 2.07. The van der Waals surface area contributed by atoms with E-state index in [1.54, 1.807) is 0 Å². The number of hydrogen-bond donors (Lipinski definition) is 3. The van der Waals surface area contributed by atoms with Crippen molar-refractivity contribution in [1.29, 1.82) is 0 Å². The lowest BCUT2D eigenvalue weighted by Crippen LogP contribution is -2.42. The summed E-state index contributed by atoms with van der Waals surface area (Å²) in [6.45, 7) is 2.79. The SMILES string of the molecule is CCCCCCCCCCNC(=O)C(N)CC(=O)O. The first-order valence-corrected chi connectivity index (χ1v) is 7.33. The Hall–Kier alpha value is -1.10. The second kappa shape index (κ2) is 12.0. The Morgan fingerprint density at radius 3 is 2.11 bits per heavy atom. The molecule has 0 fully saturated rings. The van der Waals surface area contributed by atoms with Gasteiger partial charge in [-0.25, -0.2) is 0 Å². The minimum Gasteiger partial charge on any atom is -0.481 e. The fourth-order valence-electron chi connectivity index (χ4n) is 1.88. The lowest BCUT2D eigenvalue weighted by Gasteiger charge is -2.09. The first-order valence-electron chi connectivity index (χ1n) is 7.33. The normalized spacial score (nSPS) is 12.1. The lowest BCUT2D eigenvalue weighted by atomic mass is 10.1. The Labute approximate surface area is 115 Å². The van der Waals surface area contributed by atoms with Crippen LogP contribution in [0.5, 0.6) is 0 Å². The minimum absolute atomic E-state index is 0.316. The third kappa shape index (κ3) is 11.7. The molecule has 1 atom stereocenters. The Morgan fingerprint density at radius 2 is 1.58 bits per heavy atom. The summed E-state index contributed by atoms with van der Waals surface area (Å²) in [6, 6.07) is -0.938. The quantitative estimate of drug-likeness (QED) is 0.474. The van der Waals surface area contributed by atoms with Gasteiger partial charge in [-0.3, -0.25) is 9.59 Å². The Bertz CT molecular complexity index is 257. The molecule has 19 heavy (non-hydrogen) atoms. The van der Waals surface area contributed by atoms with Gasteiger partial charge in [-0.15, -0.1) is 0 Å². The number of carboxylic acids is 1. The van der Waals surface area contributed by atoms with E-state index in [1.165, 1.54) is 38.5 Å². The van der Waals surface area contributed by atoms with Crippen molar-refractivity contribution in [3.63, 3.8) is 0 Å². The van der Waals surface area contributed by atoms with E-state index in [1.807, 2.05) is 0 Å². The van der Waals surface area contributed by atoms with Crippen molar-refractivity contribution in [3.05, 3.63) is 0 Å². The zero-order valence-corrected chi connectivity index (χ0v) is 12.0. The van der Waals surface area contributed by atoms with Crippen LogP contribution in [0.25, 0.3) is 0 Å². The number of hydrogen-bond acceptors (Lipinski definition) is 3. The summed E-state index contributed by atoms with van der Waals surface area (Å²) in [5.41, 5.74) is 5.43. The summed E-state index contributed by atoms with van der Waals surface area (Å²) >= 11 is 0. The van der Waals surface area contributed by atoms with Crippen LogP contribution >= 0.6 is 0 Å². The van der Waals surface area contributed by atoms with Gasteiger partial charge >= 0.3 is 5.97 Å². The molecule has 0 aromatic heterocycles. The fraction of sp³-hybridized carbons (Fsp3) is 0.857. The number of unbranched alkanes of at least 4 members (excludes halogenated alkanes) is 7. The number of carbonyl (C=O) groups excluding carboxylic acids is 1. The van der Waals surface area contributed by atoms with E-state index in [9.17, 15) is 9.59 Å². The molecule has 0 aromatic rings. The van der Waals surface area contributed by atoms with E-state index >= 15 is 0 Å². The molecule has 0 rings (SSSR count). The van der Waals surface area contributed by atoms with Crippen LogP contribution in [-0.4, -0.2) is 29.6 Å². The van der Waals surface area contributed by atoms with E-state index in [-0.39, 0.29) is 12.3 Å². The molecule has 0 radical (unpaired) electrons. The molecule has 5 nitrogen and oxygen atoms in total. The van der Waals surface area contributed by atoms with E-state index < -0.39 is 12.0 Å². The van der Waals surface area contributed by atoms with Crippen LogP contribution < -0.4 is 11.1 Å². The average Bonchev–Trinajstić information content (AvgIpc) is 2.35. The van der Waals surface area contributed by atoms with Gasteiger partial charge in [-0.1, -0.05) is 51.9 Å². The van der Waals surface area contributed by atoms with Gasteiger partial charge in [-0.2, -0.15) is 0 Å². The predicted octanol–water partition coefficient (Wildman–Crippen LogP) is 2.05. The molecule has 0 aliphatic heterocycles. The number of rotatable bonds is 12.